The third-order valence-corrected chi connectivity index (χ3v) is 9.18. The van der Waals surface area contributed by atoms with Gasteiger partial charge in [0.2, 0.25) is 11.8 Å². The van der Waals surface area contributed by atoms with E-state index >= 15 is 0 Å². The lowest BCUT2D eigenvalue weighted by Gasteiger charge is -2.47. The first-order valence-corrected chi connectivity index (χ1v) is 15.0. The van der Waals surface area contributed by atoms with Gasteiger partial charge in [-0.05, 0) is 94.7 Å². The molecule has 2 N–H and O–H groups in total. The Labute approximate surface area is 231 Å². The molecule has 3 fully saturated rings. The van der Waals surface area contributed by atoms with Gasteiger partial charge in [-0.3, -0.25) is 29.4 Å². The largest absolute Gasteiger partial charge is 0.493 e. The summed E-state index contributed by atoms with van der Waals surface area (Å²) < 4.78 is 5.94. The fourth-order valence-electron chi connectivity index (χ4n) is 7.67. The normalized spacial score (nSPS) is 30.4. The molecule has 212 valence electrons. The van der Waals surface area contributed by atoms with Crippen LogP contribution in [0.3, 0.4) is 0 Å². The van der Waals surface area contributed by atoms with E-state index in [1.54, 1.807) is 18.2 Å². The van der Waals surface area contributed by atoms with Crippen molar-refractivity contribution in [1.29, 1.82) is 0 Å². The van der Waals surface area contributed by atoms with Crippen LogP contribution in [-0.2, 0) is 9.59 Å². The second-order valence-corrected chi connectivity index (χ2v) is 12.7. The first-order valence-electron chi connectivity index (χ1n) is 15.0. The molecule has 1 saturated heterocycles. The van der Waals surface area contributed by atoms with Crippen LogP contribution in [-0.4, -0.2) is 53.3 Å². The number of ether oxygens (including phenoxy) is 1. The van der Waals surface area contributed by atoms with Crippen LogP contribution in [0.15, 0.2) is 18.2 Å². The number of piperidine rings is 1. The minimum Gasteiger partial charge on any atom is -0.493 e. The van der Waals surface area contributed by atoms with Crippen molar-refractivity contribution in [1.82, 2.24) is 15.5 Å². The van der Waals surface area contributed by atoms with E-state index in [2.05, 4.69) is 24.5 Å². The SMILES string of the molecule is CC1CC2CC(C1)CC(C)(NCCCCCCCOc1cccc3c1C(=O)N(C1CCC(=O)NC1=O)C3=O)C2. The van der Waals surface area contributed by atoms with Crippen LogP contribution in [0.2, 0.25) is 0 Å². The van der Waals surface area contributed by atoms with Gasteiger partial charge in [0.25, 0.3) is 11.8 Å². The topological polar surface area (TPSA) is 105 Å². The Bertz CT molecular complexity index is 1100. The second-order valence-electron chi connectivity index (χ2n) is 12.7. The fraction of sp³-hybridized carbons (Fsp3) is 0.677. The van der Waals surface area contributed by atoms with Crippen molar-refractivity contribution in [3.8, 4) is 5.75 Å². The lowest BCUT2D eigenvalue weighted by molar-refractivity contribution is -0.136. The lowest BCUT2D eigenvalue weighted by atomic mass is 9.62. The zero-order valence-corrected chi connectivity index (χ0v) is 23.4. The number of carbonyl (C=O) groups excluding carboxylic acids is 4. The number of carbonyl (C=O) groups is 4. The van der Waals surface area contributed by atoms with Crippen LogP contribution in [0.4, 0.5) is 0 Å². The molecule has 5 rings (SSSR count). The molecule has 39 heavy (non-hydrogen) atoms. The molecule has 2 heterocycles. The minimum absolute atomic E-state index is 0.100. The Balaban J connectivity index is 1.02. The van der Waals surface area contributed by atoms with Crippen molar-refractivity contribution in [2.75, 3.05) is 13.2 Å². The van der Waals surface area contributed by atoms with Crippen LogP contribution in [0.25, 0.3) is 0 Å². The van der Waals surface area contributed by atoms with E-state index in [9.17, 15) is 19.2 Å². The number of hydrogen-bond donors (Lipinski definition) is 2. The van der Waals surface area contributed by atoms with Crippen molar-refractivity contribution in [2.45, 2.75) is 102 Å². The monoisotopic (exact) mass is 537 g/mol. The summed E-state index contributed by atoms with van der Waals surface area (Å²) >= 11 is 0. The molecule has 2 aliphatic heterocycles. The molecule has 4 amide bonds. The Hall–Kier alpha value is -2.74. The number of hydrogen-bond acceptors (Lipinski definition) is 6. The first-order chi connectivity index (χ1) is 18.7. The molecule has 3 atom stereocenters. The number of imide groups is 2. The Morgan fingerprint density at radius 1 is 0.974 bits per heavy atom. The van der Waals surface area contributed by atoms with E-state index in [1.807, 2.05) is 0 Å². The zero-order chi connectivity index (χ0) is 27.6. The third kappa shape index (κ3) is 6.21. The molecular formula is C31H43N3O5. The molecule has 0 radical (unpaired) electrons. The van der Waals surface area contributed by atoms with Crippen molar-refractivity contribution in [2.24, 2.45) is 17.8 Å². The molecule has 8 nitrogen and oxygen atoms in total. The van der Waals surface area contributed by atoms with Gasteiger partial charge in [-0.25, -0.2) is 0 Å². The fourth-order valence-corrected chi connectivity index (χ4v) is 7.67. The molecule has 1 aromatic rings. The number of benzene rings is 1. The van der Waals surface area contributed by atoms with Crippen LogP contribution in [0, 0.1) is 17.8 Å². The summed E-state index contributed by atoms with van der Waals surface area (Å²) in [5.74, 6) is 1.06. The van der Waals surface area contributed by atoms with Crippen molar-refractivity contribution in [3.05, 3.63) is 29.3 Å². The van der Waals surface area contributed by atoms with Gasteiger partial charge in [0.15, 0.2) is 0 Å². The molecule has 2 bridgehead atoms. The minimum atomic E-state index is -0.971. The third-order valence-electron chi connectivity index (χ3n) is 9.18. The van der Waals surface area contributed by atoms with E-state index in [-0.39, 0.29) is 29.9 Å². The highest BCUT2D eigenvalue weighted by atomic mass is 16.5. The standard InChI is InChI=1S/C31H43N3O5/c1-20-15-21-17-22(16-20)19-31(2,18-21)32-13-6-4-3-5-7-14-39-25-10-8-9-23-27(25)30(38)34(29(23)37)24-11-12-26(35)33-28(24)36/h8-10,20-22,24,32H,3-7,11-19H2,1-2H3,(H,33,35,36). The Morgan fingerprint density at radius 3 is 2.44 bits per heavy atom. The molecule has 2 saturated carbocycles. The number of rotatable bonds is 11. The van der Waals surface area contributed by atoms with E-state index in [0.29, 0.717) is 17.9 Å². The maximum atomic E-state index is 13.2. The number of nitrogens with zero attached hydrogens (tertiary/aromatic N) is 1. The van der Waals surface area contributed by atoms with Crippen LogP contribution >= 0.6 is 0 Å². The number of unbranched alkanes of at least 4 members (excludes halogenated alkanes) is 4. The van der Waals surface area contributed by atoms with E-state index in [1.165, 1.54) is 44.9 Å². The molecule has 1 aromatic carbocycles. The van der Waals surface area contributed by atoms with Crippen LogP contribution < -0.4 is 15.4 Å². The van der Waals surface area contributed by atoms with Crippen molar-refractivity contribution < 1.29 is 23.9 Å². The lowest BCUT2D eigenvalue weighted by Crippen LogP contribution is -2.54. The van der Waals surface area contributed by atoms with Gasteiger partial charge in [-0.15, -0.1) is 0 Å². The van der Waals surface area contributed by atoms with E-state index in [4.69, 9.17) is 4.74 Å². The Kier molecular flexibility index (Phi) is 8.40. The first kappa shape index (κ1) is 27.8. The van der Waals surface area contributed by atoms with Crippen LogP contribution in [0.5, 0.6) is 5.75 Å². The zero-order valence-electron chi connectivity index (χ0n) is 23.4. The summed E-state index contributed by atoms with van der Waals surface area (Å²) in [6.45, 7) is 6.40. The molecule has 2 aliphatic carbocycles. The maximum Gasteiger partial charge on any atom is 0.266 e. The van der Waals surface area contributed by atoms with Gasteiger partial charge in [0.1, 0.15) is 11.8 Å². The highest BCUT2D eigenvalue weighted by Crippen LogP contribution is 2.46. The summed E-state index contributed by atoms with van der Waals surface area (Å²) in [5, 5.41) is 6.12. The maximum absolute atomic E-state index is 13.2. The Morgan fingerprint density at radius 2 is 1.69 bits per heavy atom. The summed E-state index contributed by atoms with van der Waals surface area (Å²) in [6, 6.07) is 4.01. The molecule has 8 heteroatoms. The number of nitrogens with one attached hydrogen (secondary N) is 2. The predicted molar refractivity (Wildman–Crippen MR) is 147 cm³/mol. The molecule has 0 spiro atoms. The van der Waals surface area contributed by atoms with Gasteiger partial charge in [-0.2, -0.15) is 0 Å². The number of fused-ring (bicyclic) bond motifs is 3. The van der Waals surface area contributed by atoms with Gasteiger partial charge in [0.05, 0.1) is 17.7 Å². The predicted octanol–water partition coefficient (Wildman–Crippen LogP) is 4.61. The van der Waals surface area contributed by atoms with Gasteiger partial charge in [-0.1, -0.05) is 32.3 Å². The highest BCUT2D eigenvalue weighted by Gasteiger charge is 2.46. The molecule has 0 aromatic heterocycles. The van der Waals surface area contributed by atoms with Crippen molar-refractivity contribution in [3.63, 3.8) is 0 Å². The average Bonchev–Trinajstić information content (AvgIpc) is 3.12. The van der Waals surface area contributed by atoms with Gasteiger partial charge < -0.3 is 10.1 Å². The summed E-state index contributed by atoms with van der Waals surface area (Å²) in [5.41, 5.74) is 0.775. The second kappa shape index (κ2) is 11.8. The van der Waals surface area contributed by atoms with E-state index in [0.717, 1.165) is 48.5 Å². The van der Waals surface area contributed by atoms with Gasteiger partial charge >= 0.3 is 0 Å². The van der Waals surface area contributed by atoms with Crippen molar-refractivity contribution >= 4 is 23.6 Å². The average molecular weight is 538 g/mol. The molecular weight excluding hydrogens is 494 g/mol. The number of amides is 4. The summed E-state index contributed by atoms with van der Waals surface area (Å²) in [6.07, 6.45) is 12.6. The van der Waals surface area contributed by atoms with Crippen LogP contribution in [0.1, 0.15) is 112 Å². The summed E-state index contributed by atoms with van der Waals surface area (Å²) in [4.78, 5) is 50.9. The summed E-state index contributed by atoms with van der Waals surface area (Å²) in [7, 11) is 0. The molecule has 3 unspecified atom stereocenters. The smallest absolute Gasteiger partial charge is 0.266 e. The quantitative estimate of drug-likeness (QED) is 0.316. The molecule has 4 aliphatic rings. The highest BCUT2D eigenvalue weighted by molar-refractivity contribution is 6.24. The van der Waals surface area contributed by atoms with E-state index < -0.39 is 23.8 Å². The van der Waals surface area contributed by atoms with Gasteiger partial charge in [0, 0.05) is 12.0 Å².